The van der Waals surface area contributed by atoms with E-state index >= 15 is 0 Å². The van der Waals surface area contributed by atoms with Crippen molar-refractivity contribution in [3.8, 4) is 5.75 Å². The van der Waals surface area contributed by atoms with E-state index in [0.717, 1.165) is 5.56 Å². The lowest BCUT2D eigenvalue weighted by Crippen LogP contribution is -2.10. The van der Waals surface area contributed by atoms with Crippen LogP contribution in [0.1, 0.15) is 31.9 Å². The highest BCUT2D eigenvalue weighted by atomic mass is 35.5. The van der Waals surface area contributed by atoms with E-state index in [0.29, 0.717) is 17.4 Å². The molecule has 0 bridgehead atoms. The third-order valence-corrected chi connectivity index (χ3v) is 3.10. The Morgan fingerprint density at radius 1 is 1.16 bits per heavy atom. The Morgan fingerprint density at radius 2 is 1.84 bits per heavy atom. The SMILES string of the molecule is CC(C)(C)c1ccc(OCc2cncnc2)c(Cl)c1. The highest BCUT2D eigenvalue weighted by Crippen LogP contribution is 2.31. The van der Waals surface area contributed by atoms with Gasteiger partial charge < -0.3 is 4.74 Å². The number of hydrogen-bond donors (Lipinski definition) is 0. The van der Waals surface area contributed by atoms with Gasteiger partial charge in [-0.2, -0.15) is 0 Å². The van der Waals surface area contributed by atoms with Gasteiger partial charge in [0.2, 0.25) is 0 Å². The number of aromatic nitrogens is 2. The van der Waals surface area contributed by atoms with Gasteiger partial charge in [0.15, 0.2) is 0 Å². The highest BCUT2D eigenvalue weighted by Gasteiger charge is 2.15. The van der Waals surface area contributed by atoms with Crippen LogP contribution < -0.4 is 4.74 Å². The fraction of sp³-hybridized carbons (Fsp3) is 0.333. The minimum atomic E-state index is 0.0788. The molecule has 0 saturated carbocycles. The molecule has 1 aromatic carbocycles. The van der Waals surface area contributed by atoms with E-state index in [4.69, 9.17) is 16.3 Å². The van der Waals surface area contributed by atoms with Gasteiger partial charge in [-0.25, -0.2) is 9.97 Å². The van der Waals surface area contributed by atoms with Crippen LogP contribution in [0.5, 0.6) is 5.75 Å². The molecule has 0 spiro atoms. The minimum absolute atomic E-state index is 0.0788. The summed E-state index contributed by atoms with van der Waals surface area (Å²) in [5.74, 6) is 0.679. The second kappa shape index (κ2) is 5.57. The molecule has 1 aromatic heterocycles. The van der Waals surface area contributed by atoms with Gasteiger partial charge >= 0.3 is 0 Å². The molecular formula is C15H17ClN2O. The Balaban J connectivity index is 2.10. The van der Waals surface area contributed by atoms with Gasteiger partial charge in [0.25, 0.3) is 0 Å². The summed E-state index contributed by atoms with van der Waals surface area (Å²) in [6.45, 7) is 6.87. The third-order valence-electron chi connectivity index (χ3n) is 2.81. The van der Waals surface area contributed by atoms with E-state index in [1.165, 1.54) is 11.9 Å². The maximum atomic E-state index is 6.25. The molecule has 2 aromatic rings. The molecular weight excluding hydrogens is 260 g/mol. The first-order chi connectivity index (χ1) is 8.97. The summed E-state index contributed by atoms with van der Waals surface area (Å²) in [5, 5.41) is 0.629. The molecule has 0 aliphatic carbocycles. The number of halogens is 1. The van der Waals surface area contributed by atoms with E-state index < -0.39 is 0 Å². The molecule has 19 heavy (non-hydrogen) atoms. The maximum absolute atomic E-state index is 6.25. The predicted molar refractivity (Wildman–Crippen MR) is 76.5 cm³/mol. The molecule has 4 heteroatoms. The number of hydrogen-bond acceptors (Lipinski definition) is 3. The Kier molecular flexibility index (Phi) is 4.05. The van der Waals surface area contributed by atoms with Crippen LogP contribution in [0.15, 0.2) is 36.9 Å². The molecule has 0 atom stereocenters. The lowest BCUT2D eigenvalue weighted by Gasteiger charge is -2.20. The van der Waals surface area contributed by atoms with Gasteiger partial charge in [0.05, 0.1) is 5.02 Å². The summed E-state index contributed by atoms with van der Waals surface area (Å²) in [5.41, 5.74) is 2.18. The van der Waals surface area contributed by atoms with Crippen LogP contribution in [0.3, 0.4) is 0 Å². The highest BCUT2D eigenvalue weighted by molar-refractivity contribution is 6.32. The zero-order chi connectivity index (χ0) is 13.9. The largest absolute Gasteiger partial charge is 0.487 e. The van der Waals surface area contributed by atoms with Crippen LogP contribution in [0.2, 0.25) is 5.02 Å². The molecule has 0 aliphatic rings. The number of benzene rings is 1. The molecule has 2 rings (SSSR count). The van der Waals surface area contributed by atoms with Gasteiger partial charge in [-0.3, -0.25) is 0 Å². The van der Waals surface area contributed by atoms with Gasteiger partial charge in [-0.05, 0) is 23.1 Å². The van der Waals surface area contributed by atoms with Crippen molar-refractivity contribution in [2.24, 2.45) is 0 Å². The van der Waals surface area contributed by atoms with E-state index in [2.05, 4.69) is 30.7 Å². The van der Waals surface area contributed by atoms with Gasteiger partial charge in [-0.15, -0.1) is 0 Å². The maximum Gasteiger partial charge on any atom is 0.138 e. The standard InChI is InChI=1S/C15H17ClN2O/c1-15(2,3)12-4-5-14(13(16)6-12)19-9-11-7-17-10-18-8-11/h4-8,10H,9H2,1-3H3. The average Bonchev–Trinajstić information content (AvgIpc) is 2.37. The van der Waals surface area contributed by atoms with E-state index in [1.807, 2.05) is 18.2 Å². The Labute approximate surface area is 118 Å². The van der Waals surface area contributed by atoms with Gasteiger partial charge in [-0.1, -0.05) is 38.4 Å². The van der Waals surface area contributed by atoms with Crippen molar-refractivity contribution < 1.29 is 4.74 Å². The van der Waals surface area contributed by atoms with E-state index in [9.17, 15) is 0 Å². The molecule has 0 saturated heterocycles. The molecule has 100 valence electrons. The first kappa shape index (κ1) is 13.8. The van der Waals surface area contributed by atoms with Crippen molar-refractivity contribution in [1.82, 2.24) is 9.97 Å². The van der Waals surface area contributed by atoms with Gasteiger partial charge in [0, 0.05) is 18.0 Å². The van der Waals surface area contributed by atoms with Gasteiger partial charge in [0.1, 0.15) is 18.7 Å². The predicted octanol–water partition coefficient (Wildman–Crippen LogP) is 4.01. The number of ether oxygens (including phenoxy) is 1. The van der Waals surface area contributed by atoms with Crippen LogP contribution in [-0.4, -0.2) is 9.97 Å². The molecule has 0 unspecified atom stereocenters. The van der Waals surface area contributed by atoms with E-state index in [1.54, 1.807) is 12.4 Å². The van der Waals surface area contributed by atoms with Crippen molar-refractivity contribution in [2.75, 3.05) is 0 Å². The summed E-state index contributed by atoms with van der Waals surface area (Å²) < 4.78 is 5.68. The summed E-state index contributed by atoms with van der Waals surface area (Å²) in [7, 11) is 0. The zero-order valence-corrected chi connectivity index (χ0v) is 12.1. The van der Waals surface area contributed by atoms with Crippen LogP contribution in [0, 0.1) is 0 Å². The molecule has 0 amide bonds. The van der Waals surface area contributed by atoms with Crippen molar-refractivity contribution >= 4 is 11.6 Å². The molecule has 0 fully saturated rings. The summed E-state index contributed by atoms with van der Waals surface area (Å²) >= 11 is 6.25. The molecule has 0 aliphatic heterocycles. The van der Waals surface area contributed by atoms with E-state index in [-0.39, 0.29) is 5.41 Å². The fourth-order valence-electron chi connectivity index (χ4n) is 1.65. The van der Waals surface area contributed by atoms with Crippen LogP contribution in [0.25, 0.3) is 0 Å². The monoisotopic (exact) mass is 276 g/mol. The summed E-state index contributed by atoms with van der Waals surface area (Å²) in [6.07, 6.45) is 4.95. The first-order valence-electron chi connectivity index (χ1n) is 6.13. The average molecular weight is 277 g/mol. The zero-order valence-electron chi connectivity index (χ0n) is 11.4. The minimum Gasteiger partial charge on any atom is -0.487 e. The molecule has 0 radical (unpaired) electrons. The van der Waals surface area contributed by atoms with Crippen LogP contribution in [0.4, 0.5) is 0 Å². The lowest BCUT2D eigenvalue weighted by molar-refractivity contribution is 0.305. The van der Waals surface area contributed by atoms with Crippen molar-refractivity contribution in [3.05, 3.63) is 53.1 Å². The van der Waals surface area contributed by atoms with Crippen LogP contribution in [-0.2, 0) is 12.0 Å². The summed E-state index contributed by atoms with van der Waals surface area (Å²) in [6, 6.07) is 5.91. The molecule has 3 nitrogen and oxygen atoms in total. The number of rotatable bonds is 3. The lowest BCUT2D eigenvalue weighted by atomic mass is 9.87. The molecule has 0 N–H and O–H groups in total. The van der Waals surface area contributed by atoms with Crippen molar-refractivity contribution in [2.45, 2.75) is 32.8 Å². The topological polar surface area (TPSA) is 35.0 Å². The number of nitrogens with zero attached hydrogens (tertiary/aromatic N) is 2. The van der Waals surface area contributed by atoms with Crippen LogP contribution >= 0.6 is 11.6 Å². The Hall–Kier alpha value is -1.61. The second-order valence-corrected chi connectivity index (χ2v) is 5.84. The Bertz CT molecular complexity index is 550. The molecule has 1 heterocycles. The summed E-state index contributed by atoms with van der Waals surface area (Å²) in [4.78, 5) is 7.88. The second-order valence-electron chi connectivity index (χ2n) is 5.43. The quantitative estimate of drug-likeness (QED) is 0.850. The smallest absolute Gasteiger partial charge is 0.138 e. The fourth-order valence-corrected chi connectivity index (χ4v) is 1.89. The third kappa shape index (κ3) is 3.67. The normalized spacial score (nSPS) is 11.4. The van der Waals surface area contributed by atoms with Crippen molar-refractivity contribution in [1.29, 1.82) is 0 Å². The first-order valence-corrected chi connectivity index (χ1v) is 6.51. The Morgan fingerprint density at radius 3 is 2.42 bits per heavy atom. The van der Waals surface area contributed by atoms with Crippen molar-refractivity contribution in [3.63, 3.8) is 0 Å².